The van der Waals surface area contributed by atoms with Crippen molar-refractivity contribution in [1.82, 2.24) is 14.9 Å². The van der Waals surface area contributed by atoms with E-state index in [0.717, 1.165) is 24.3 Å². The van der Waals surface area contributed by atoms with Gasteiger partial charge >= 0.3 is 0 Å². The molecule has 2 N–H and O–H groups in total. The normalized spacial score (nSPS) is 21.9. The van der Waals surface area contributed by atoms with Gasteiger partial charge in [-0.05, 0) is 31.0 Å². The van der Waals surface area contributed by atoms with Crippen molar-refractivity contribution in [3.63, 3.8) is 0 Å². The Labute approximate surface area is 118 Å². The molecule has 0 radical (unpaired) electrons. The number of aromatic nitrogens is 2. The first-order valence-electron chi connectivity index (χ1n) is 6.87. The molecular weight excluding hydrogens is 252 g/mol. The number of para-hydroxylation sites is 2. The minimum Gasteiger partial charge on any atom is -0.323 e. The number of rotatable bonds is 3. The van der Waals surface area contributed by atoms with E-state index in [2.05, 4.69) is 22.5 Å². The molecular formula is C15H18N4O. The minimum absolute atomic E-state index is 0.0302. The van der Waals surface area contributed by atoms with Gasteiger partial charge in [0.25, 0.3) is 0 Å². The topological polar surface area (TPSA) is 59.0 Å². The van der Waals surface area contributed by atoms with E-state index in [4.69, 9.17) is 0 Å². The monoisotopic (exact) mass is 270 g/mol. The van der Waals surface area contributed by atoms with Gasteiger partial charge in [-0.1, -0.05) is 19.1 Å². The zero-order chi connectivity index (χ0) is 13.9. The van der Waals surface area contributed by atoms with Crippen LogP contribution in [0.1, 0.15) is 13.3 Å². The highest BCUT2D eigenvalue weighted by Crippen LogP contribution is 2.22. The van der Waals surface area contributed by atoms with Crippen molar-refractivity contribution in [1.29, 1.82) is 0 Å². The fourth-order valence-electron chi connectivity index (χ4n) is 2.60. The maximum absolute atomic E-state index is 12.3. The second-order valence-electron chi connectivity index (χ2n) is 5.17. The summed E-state index contributed by atoms with van der Waals surface area (Å²) in [5.74, 6) is 0.401. The van der Waals surface area contributed by atoms with Crippen LogP contribution in [0.4, 0.5) is 5.69 Å². The number of anilines is 1. The highest BCUT2D eigenvalue weighted by molar-refractivity contribution is 5.96. The summed E-state index contributed by atoms with van der Waals surface area (Å²) in [6.07, 6.45) is 6.35. The Morgan fingerprint density at radius 2 is 2.30 bits per heavy atom. The van der Waals surface area contributed by atoms with Crippen LogP contribution < -0.4 is 10.6 Å². The van der Waals surface area contributed by atoms with Gasteiger partial charge in [0, 0.05) is 12.4 Å². The number of carbonyl (C=O) groups is 1. The van der Waals surface area contributed by atoms with Crippen LogP contribution in [0.3, 0.4) is 0 Å². The summed E-state index contributed by atoms with van der Waals surface area (Å²) in [7, 11) is 0. The summed E-state index contributed by atoms with van der Waals surface area (Å²) in [5, 5.41) is 6.27. The van der Waals surface area contributed by atoms with Crippen molar-refractivity contribution in [2.24, 2.45) is 5.92 Å². The van der Waals surface area contributed by atoms with E-state index in [-0.39, 0.29) is 11.9 Å². The lowest BCUT2D eigenvalue weighted by Crippen LogP contribution is -2.39. The molecule has 1 aliphatic heterocycles. The molecule has 1 fully saturated rings. The standard InChI is InChI=1S/C15H18N4O/c1-11-6-7-17-14(11)15(20)18-12-4-2-3-5-13(12)19-9-8-16-10-19/h2-5,8-11,14,17H,6-7H2,1H3,(H,18,20). The van der Waals surface area contributed by atoms with Gasteiger partial charge in [-0.3, -0.25) is 4.79 Å². The number of amides is 1. The van der Waals surface area contributed by atoms with E-state index in [0.29, 0.717) is 5.92 Å². The maximum Gasteiger partial charge on any atom is 0.241 e. The zero-order valence-corrected chi connectivity index (χ0v) is 11.4. The molecule has 2 atom stereocenters. The number of carbonyl (C=O) groups excluding carboxylic acids is 1. The summed E-state index contributed by atoms with van der Waals surface area (Å²) in [6.45, 7) is 3.01. The minimum atomic E-state index is -0.106. The molecule has 0 aliphatic carbocycles. The van der Waals surface area contributed by atoms with Crippen LogP contribution in [0.25, 0.3) is 5.69 Å². The fraction of sp³-hybridized carbons (Fsp3) is 0.333. The third-order valence-corrected chi connectivity index (χ3v) is 3.76. The van der Waals surface area contributed by atoms with Crippen LogP contribution in [-0.2, 0) is 4.79 Å². The molecule has 0 saturated carbocycles. The Morgan fingerprint density at radius 3 is 3.00 bits per heavy atom. The summed E-state index contributed by atoms with van der Waals surface area (Å²) in [4.78, 5) is 16.4. The summed E-state index contributed by atoms with van der Waals surface area (Å²) >= 11 is 0. The van der Waals surface area contributed by atoms with Gasteiger partial charge in [0.15, 0.2) is 0 Å². The molecule has 5 heteroatoms. The molecule has 1 saturated heterocycles. The number of benzene rings is 1. The van der Waals surface area contributed by atoms with Crippen molar-refractivity contribution in [3.05, 3.63) is 43.0 Å². The second kappa shape index (κ2) is 5.46. The Morgan fingerprint density at radius 1 is 1.45 bits per heavy atom. The average molecular weight is 270 g/mol. The molecule has 1 aliphatic rings. The van der Waals surface area contributed by atoms with Crippen LogP contribution >= 0.6 is 0 Å². The SMILES string of the molecule is CC1CCNC1C(=O)Nc1ccccc1-n1ccnc1. The quantitative estimate of drug-likeness (QED) is 0.894. The van der Waals surface area contributed by atoms with Crippen LogP contribution in [0.5, 0.6) is 0 Å². The molecule has 0 bridgehead atoms. The van der Waals surface area contributed by atoms with Gasteiger partial charge in [0.05, 0.1) is 23.7 Å². The van der Waals surface area contributed by atoms with E-state index in [1.807, 2.05) is 35.0 Å². The van der Waals surface area contributed by atoms with Crippen LogP contribution in [-0.4, -0.2) is 28.0 Å². The van der Waals surface area contributed by atoms with E-state index in [1.165, 1.54) is 0 Å². The first-order valence-corrected chi connectivity index (χ1v) is 6.87. The van der Waals surface area contributed by atoms with Gasteiger partial charge in [0.1, 0.15) is 0 Å². The predicted octanol–water partition coefficient (Wildman–Crippen LogP) is 1.81. The Bertz CT molecular complexity index is 594. The number of hydrogen-bond acceptors (Lipinski definition) is 3. The summed E-state index contributed by atoms with van der Waals surface area (Å²) < 4.78 is 1.89. The van der Waals surface area contributed by atoms with Crippen molar-refractivity contribution < 1.29 is 4.79 Å². The molecule has 0 spiro atoms. The van der Waals surface area contributed by atoms with Gasteiger partial charge in [-0.15, -0.1) is 0 Å². The summed E-state index contributed by atoms with van der Waals surface area (Å²) in [5.41, 5.74) is 1.72. The lowest BCUT2D eigenvalue weighted by molar-refractivity contribution is -0.118. The molecule has 1 amide bonds. The molecule has 3 rings (SSSR count). The van der Waals surface area contributed by atoms with Crippen molar-refractivity contribution >= 4 is 11.6 Å². The van der Waals surface area contributed by atoms with Crippen molar-refractivity contribution in [2.45, 2.75) is 19.4 Å². The number of hydrogen-bond donors (Lipinski definition) is 2. The van der Waals surface area contributed by atoms with Crippen molar-refractivity contribution in [2.75, 3.05) is 11.9 Å². The lowest BCUT2D eigenvalue weighted by atomic mass is 10.0. The van der Waals surface area contributed by atoms with Crippen LogP contribution in [0.15, 0.2) is 43.0 Å². The van der Waals surface area contributed by atoms with Gasteiger partial charge in [-0.2, -0.15) is 0 Å². The molecule has 2 aromatic rings. The first kappa shape index (κ1) is 12.9. The zero-order valence-electron chi connectivity index (χ0n) is 11.4. The third-order valence-electron chi connectivity index (χ3n) is 3.76. The van der Waals surface area contributed by atoms with Gasteiger partial charge in [0.2, 0.25) is 5.91 Å². The number of nitrogens with zero attached hydrogens (tertiary/aromatic N) is 2. The highest BCUT2D eigenvalue weighted by Gasteiger charge is 2.29. The second-order valence-corrected chi connectivity index (χ2v) is 5.17. The largest absolute Gasteiger partial charge is 0.323 e. The van der Waals surface area contributed by atoms with E-state index < -0.39 is 0 Å². The Hall–Kier alpha value is -2.14. The molecule has 5 nitrogen and oxygen atoms in total. The van der Waals surface area contributed by atoms with Gasteiger partial charge in [-0.25, -0.2) is 4.98 Å². The molecule has 20 heavy (non-hydrogen) atoms. The van der Waals surface area contributed by atoms with Crippen LogP contribution in [0.2, 0.25) is 0 Å². The average Bonchev–Trinajstić information content (AvgIpc) is 3.10. The van der Waals surface area contributed by atoms with E-state index >= 15 is 0 Å². The van der Waals surface area contributed by atoms with E-state index in [9.17, 15) is 4.79 Å². The smallest absolute Gasteiger partial charge is 0.241 e. The summed E-state index contributed by atoms with van der Waals surface area (Å²) in [6, 6.07) is 7.63. The van der Waals surface area contributed by atoms with E-state index in [1.54, 1.807) is 12.5 Å². The molecule has 104 valence electrons. The maximum atomic E-state index is 12.3. The number of imidazole rings is 1. The first-order chi connectivity index (χ1) is 9.75. The molecule has 1 aromatic heterocycles. The highest BCUT2D eigenvalue weighted by atomic mass is 16.2. The third kappa shape index (κ3) is 2.44. The predicted molar refractivity (Wildman–Crippen MR) is 77.8 cm³/mol. The fourth-order valence-corrected chi connectivity index (χ4v) is 2.60. The van der Waals surface area contributed by atoms with Crippen molar-refractivity contribution in [3.8, 4) is 5.69 Å². The molecule has 2 unspecified atom stereocenters. The lowest BCUT2D eigenvalue weighted by Gasteiger charge is -2.17. The molecule has 1 aromatic carbocycles. The Kier molecular flexibility index (Phi) is 3.52. The van der Waals surface area contributed by atoms with Gasteiger partial charge < -0.3 is 15.2 Å². The molecule has 2 heterocycles. The van der Waals surface area contributed by atoms with Crippen LogP contribution in [0, 0.1) is 5.92 Å². The Balaban J connectivity index is 1.83. The number of nitrogens with one attached hydrogen (secondary N) is 2.